The molecule has 7 heteroatoms. The van der Waals surface area contributed by atoms with Crippen LogP contribution in [0.3, 0.4) is 0 Å². The van der Waals surface area contributed by atoms with Gasteiger partial charge >= 0.3 is 0 Å². The second-order valence-electron chi connectivity index (χ2n) is 4.65. The molecular weight excluding hydrogens is 324 g/mol. The highest BCUT2D eigenvalue weighted by atomic mass is 35.5. The van der Waals surface area contributed by atoms with Crippen molar-refractivity contribution in [1.82, 2.24) is 0 Å². The molecule has 0 bridgehead atoms. The minimum absolute atomic E-state index is 0.0228. The van der Waals surface area contributed by atoms with Crippen molar-refractivity contribution < 1.29 is 13.2 Å². The maximum absolute atomic E-state index is 12.9. The molecule has 0 saturated heterocycles. The maximum atomic E-state index is 12.9. The van der Waals surface area contributed by atoms with Gasteiger partial charge in [-0.15, -0.1) is 0 Å². The number of ether oxygens (including phenoxy) is 1. The van der Waals surface area contributed by atoms with E-state index in [0.717, 1.165) is 0 Å². The predicted octanol–water partition coefficient (Wildman–Crippen LogP) is 2.80. The number of hydrogen-bond donors (Lipinski definition) is 0. The zero-order chi connectivity index (χ0) is 15.7. The van der Waals surface area contributed by atoms with E-state index in [9.17, 15) is 8.42 Å². The Morgan fingerprint density at radius 2 is 2.00 bits per heavy atom. The third-order valence-electron chi connectivity index (χ3n) is 3.32. The van der Waals surface area contributed by atoms with E-state index < -0.39 is 10.0 Å². The molecule has 3 rings (SSSR count). The Labute approximate surface area is 133 Å². The third-order valence-corrected chi connectivity index (χ3v) is 5.42. The molecule has 1 heterocycles. The van der Waals surface area contributed by atoms with Gasteiger partial charge in [0.1, 0.15) is 23.3 Å². The minimum Gasteiger partial charge on any atom is -0.489 e. The van der Waals surface area contributed by atoms with Gasteiger partial charge in [0.05, 0.1) is 17.8 Å². The van der Waals surface area contributed by atoms with Gasteiger partial charge in [-0.1, -0.05) is 23.7 Å². The lowest BCUT2D eigenvalue weighted by Gasteiger charge is -2.30. The first-order chi connectivity index (χ1) is 10.5. The normalized spacial score (nSPS) is 13.9. The molecule has 0 N–H and O–H groups in total. The fourth-order valence-electron chi connectivity index (χ4n) is 2.32. The van der Waals surface area contributed by atoms with Gasteiger partial charge in [-0.3, -0.25) is 4.31 Å². The summed E-state index contributed by atoms with van der Waals surface area (Å²) in [5, 5.41) is 9.56. The van der Waals surface area contributed by atoms with Gasteiger partial charge < -0.3 is 4.74 Å². The molecule has 0 radical (unpaired) electrons. The van der Waals surface area contributed by atoms with Gasteiger partial charge in [0, 0.05) is 5.02 Å². The monoisotopic (exact) mass is 334 g/mol. The molecule has 0 saturated carbocycles. The summed E-state index contributed by atoms with van der Waals surface area (Å²) in [5.41, 5.74) is 0.490. The van der Waals surface area contributed by atoms with Gasteiger partial charge in [0.15, 0.2) is 0 Å². The van der Waals surface area contributed by atoms with E-state index in [1.807, 2.05) is 6.07 Å². The zero-order valence-electron chi connectivity index (χ0n) is 11.4. The fraction of sp³-hybridized carbons (Fsp3) is 0.133. The molecular formula is C15H11ClN2O3S. The van der Waals surface area contributed by atoms with Crippen LogP contribution in [0.25, 0.3) is 0 Å². The van der Waals surface area contributed by atoms with E-state index in [1.54, 1.807) is 30.3 Å². The van der Waals surface area contributed by atoms with Crippen LogP contribution in [0, 0.1) is 11.3 Å². The average Bonchev–Trinajstić information content (AvgIpc) is 2.54. The first-order valence-corrected chi connectivity index (χ1v) is 8.30. The van der Waals surface area contributed by atoms with Gasteiger partial charge in [0.2, 0.25) is 0 Å². The summed E-state index contributed by atoms with van der Waals surface area (Å²) in [4.78, 5) is -0.0228. The molecule has 22 heavy (non-hydrogen) atoms. The first-order valence-electron chi connectivity index (χ1n) is 6.48. The van der Waals surface area contributed by atoms with Crippen LogP contribution < -0.4 is 9.04 Å². The molecule has 0 aliphatic carbocycles. The van der Waals surface area contributed by atoms with E-state index in [2.05, 4.69) is 0 Å². The number of rotatable bonds is 2. The van der Waals surface area contributed by atoms with Gasteiger partial charge in [-0.2, -0.15) is 5.26 Å². The topological polar surface area (TPSA) is 70.4 Å². The largest absolute Gasteiger partial charge is 0.489 e. The highest BCUT2D eigenvalue weighted by Crippen LogP contribution is 2.37. The van der Waals surface area contributed by atoms with Crippen LogP contribution in [-0.4, -0.2) is 21.6 Å². The molecule has 0 aromatic heterocycles. The van der Waals surface area contributed by atoms with Crippen LogP contribution in [0.1, 0.15) is 5.56 Å². The Morgan fingerprint density at radius 1 is 1.23 bits per heavy atom. The maximum Gasteiger partial charge on any atom is 0.265 e. The van der Waals surface area contributed by atoms with E-state index in [0.29, 0.717) is 16.5 Å². The average molecular weight is 335 g/mol. The Balaban J connectivity index is 2.16. The third kappa shape index (κ3) is 2.39. The van der Waals surface area contributed by atoms with Crippen molar-refractivity contribution in [3.63, 3.8) is 0 Å². The van der Waals surface area contributed by atoms with Crippen LogP contribution in [-0.2, 0) is 10.0 Å². The highest BCUT2D eigenvalue weighted by Gasteiger charge is 2.31. The minimum atomic E-state index is -3.86. The zero-order valence-corrected chi connectivity index (χ0v) is 12.9. The molecule has 0 fully saturated rings. The summed E-state index contributed by atoms with van der Waals surface area (Å²) >= 11 is 5.97. The Hall–Kier alpha value is -2.23. The highest BCUT2D eigenvalue weighted by molar-refractivity contribution is 7.93. The van der Waals surface area contributed by atoms with Crippen molar-refractivity contribution in [1.29, 1.82) is 5.26 Å². The van der Waals surface area contributed by atoms with Crippen LogP contribution in [0.4, 0.5) is 5.69 Å². The number of hydrogen-bond acceptors (Lipinski definition) is 4. The van der Waals surface area contributed by atoms with Gasteiger partial charge in [-0.25, -0.2) is 8.42 Å². The van der Waals surface area contributed by atoms with Crippen LogP contribution in [0.5, 0.6) is 5.75 Å². The van der Waals surface area contributed by atoms with Crippen molar-refractivity contribution in [3.8, 4) is 11.8 Å². The molecule has 0 atom stereocenters. The summed E-state index contributed by atoms with van der Waals surface area (Å²) in [6.45, 7) is 0.401. The SMILES string of the molecule is N#Cc1ccccc1S(=O)(=O)N1CCOc2ccc(Cl)cc21. The predicted molar refractivity (Wildman–Crippen MR) is 82.6 cm³/mol. The number of anilines is 1. The molecule has 0 spiro atoms. The van der Waals surface area contributed by atoms with Crippen molar-refractivity contribution in [2.24, 2.45) is 0 Å². The molecule has 0 unspecified atom stereocenters. The molecule has 1 aliphatic heterocycles. The number of benzene rings is 2. The molecule has 1 aliphatic rings. The lowest BCUT2D eigenvalue weighted by molar-refractivity contribution is 0.316. The van der Waals surface area contributed by atoms with E-state index in [4.69, 9.17) is 21.6 Å². The molecule has 112 valence electrons. The lowest BCUT2D eigenvalue weighted by atomic mass is 10.2. The standard InChI is InChI=1S/C15H11ClN2O3S/c16-12-5-6-14-13(9-12)18(7-8-21-14)22(19,20)15-4-2-1-3-11(15)10-17/h1-6,9H,7-8H2. The number of halogens is 1. The van der Waals surface area contributed by atoms with Crippen LogP contribution in [0.15, 0.2) is 47.4 Å². The van der Waals surface area contributed by atoms with Crippen LogP contribution >= 0.6 is 11.6 Å². The van der Waals surface area contributed by atoms with E-state index in [1.165, 1.54) is 16.4 Å². The van der Waals surface area contributed by atoms with Gasteiger partial charge in [-0.05, 0) is 30.3 Å². The number of nitrogens with zero attached hydrogens (tertiary/aromatic N) is 2. The second-order valence-corrected chi connectivity index (χ2v) is 6.91. The van der Waals surface area contributed by atoms with Gasteiger partial charge in [0.25, 0.3) is 10.0 Å². The van der Waals surface area contributed by atoms with Crippen molar-refractivity contribution >= 4 is 27.3 Å². The summed E-state index contributed by atoms with van der Waals surface area (Å²) < 4.78 is 32.5. The van der Waals surface area contributed by atoms with E-state index >= 15 is 0 Å². The Morgan fingerprint density at radius 3 is 2.77 bits per heavy atom. The Bertz CT molecular complexity index is 875. The Kier molecular flexibility index (Phi) is 3.69. The number of sulfonamides is 1. The summed E-state index contributed by atoms with van der Waals surface area (Å²) in [5.74, 6) is 0.452. The molecule has 0 amide bonds. The van der Waals surface area contributed by atoms with Crippen molar-refractivity contribution in [2.75, 3.05) is 17.5 Å². The number of fused-ring (bicyclic) bond motifs is 1. The molecule has 2 aromatic rings. The van der Waals surface area contributed by atoms with Crippen LogP contribution in [0.2, 0.25) is 5.02 Å². The summed E-state index contributed by atoms with van der Waals surface area (Å²) in [7, 11) is -3.86. The van der Waals surface area contributed by atoms with Crippen molar-refractivity contribution in [3.05, 3.63) is 53.1 Å². The van der Waals surface area contributed by atoms with Crippen molar-refractivity contribution in [2.45, 2.75) is 4.90 Å². The molecule has 2 aromatic carbocycles. The summed E-state index contributed by atoms with van der Waals surface area (Å²) in [6, 6.07) is 12.8. The summed E-state index contributed by atoms with van der Waals surface area (Å²) in [6.07, 6.45) is 0. The van der Waals surface area contributed by atoms with E-state index in [-0.39, 0.29) is 23.6 Å². The number of nitriles is 1. The second kappa shape index (κ2) is 5.52. The lowest BCUT2D eigenvalue weighted by Crippen LogP contribution is -2.38. The molecule has 5 nitrogen and oxygen atoms in total. The smallest absolute Gasteiger partial charge is 0.265 e. The first kappa shape index (κ1) is 14.7. The quantitative estimate of drug-likeness (QED) is 0.846. The fourth-order valence-corrected chi connectivity index (χ4v) is 4.08.